The number of hydrogen-bond donors (Lipinski definition) is 1. The summed E-state index contributed by atoms with van der Waals surface area (Å²) in [5, 5.41) is 7.67. The molecule has 0 radical (unpaired) electrons. The van der Waals surface area contributed by atoms with Crippen molar-refractivity contribution in [1.29, 1.82) is 0 Å². The highest BCUT2D eigenvalue weighted by Crippen LogP contribution is 2.33. The fraction of sp³-hybridized carbons (Fsp3) is 0.182. The van der Waals surface area contributed by atoms with Crippen LogP contribution >= 0.6 is 23.1 Å². The van der Waals surface area contributed by atoms with Gasteiger partial charge in [-0.3, -0.25) is 0 Å². The number of benzene rings is 1. The molecule has 0 atom stereocenters. The molecular formula is C11H11N3O2S2. The molecule has 2 aromatic rings. The molecule has 0 saturated carbocycles. The SMILES string of the molecule is CCOC(=O)c1ccc(Sc2nncs2)c(N)c1. The fourth-order valence-corrected chi connectivity index (χ4v) is 2.74. The summed E-state index contributed by atoms with van der Waals surface area (Å²) < 4.78 is 5.72. The Balaban J connectivity index is 2.17. The molecule has 1 aromatic carbocycles. The van der Waals surface area contributed by atoms with Crippen LogP contribution in [0.15, 0.2) is 32.9 Å². The fourth-order valence-electron chi connectivity index (χ4n) is 1.28. The number of nitrogens with zero attached hydrogens (tertiary/aromatic N) is 2. The van der Waals surface area contributed by atoms with Crippen LogP contribution in [0.4, 0.5) is 5.69 Å². The number of anilines is 1. The number of carbonyl (C=O) groups excluding carboxylic acids is 1. The van der Waals surface area contributed by atoms with Gasteiger partial charge in [-0.2, -0.15) is 0 Å². The highest BCUT2D eigenvalue weighted by molar-refractivity contribution is 8.01. The Kier molecular flexibility index (Phi) is 4.16. The second-order valence-electron chi connectivity index (χ2n) is 3.28. The molecule has 2 rings (SSSR count). The van der Waals surface area contributed by atoms with Crippen molar-refractivity contribution in [2.75, 3.05) is 12.3 Å². The van der Waals surface area contributed by atoms with E-state index < -0.39 is 0 Å². The summed E-state index contributed by atoms with van der Waals surface area (Å²) in [4.78, 5) is 12.4. The van der Waals surface area contributed by atoms with E-state index in [9.17, 15) is 4.79 Å². The Morgan fingerprint density at radius 1 is 1.56 bits per heavy atom. The molecule has 0 aliphatic heterocycles. The molecule has 0 spiro atoms. The minimum Gasteiger partial charge on any atom is -0.462 e. The number of rotatable bonds is 4. The van der Waals surface area contributed by atoms with Crippen LogP contribution < -0.4 is 5.73 Å². The van der Waals surface area contributed by atoms with E-state index in [1.165, 1.54) is 23.1 Å². The molecule has 0 aliphatic rings. The van der Waals surface area contributed by atoms with E-state index in [1.807, 2.05) is 0 Å². The zero-order valence-corrected chi connectivity index (χ0v) is 11.3. The van der Waals surface area contributed by atoms with Gasteiger partial charge in [-0.05, 0) is 25.1 Å². The van der Waals surface area contributed by atoms with E-state index >= 15 is 0 Å². The van der Waals surface area contributed by atoms with Crippen molar-refractivity contribution in [1.82, 2.24) is 10.2 Å². The van der Waals surface area contributed by atoms with E-state index in [4.69, 9.17) is 10.5 Å². The lowest BCUT2D eigenvalue weighted by Crippen LogP contribution is -2.05. The summed E-state index contributed by atoms with van der Waals surface area (Å²) in [5.41, 5.74) is 8.54. The second-order valence-corrected chi connectivity index (χ2v) is 5.40. The third-order valence-corrected chi connectivity index (χ3v) is 3.93. The van der Waals surface area contributed by atoms with Crippen LogP contribution in [0.5, 0.6) is 0 Å². The Morgan fingerprint density at radius 2 is 2.39 bits per heavy atom. The minimum absolute atomic E-state index is 0.347. The van der Waals surface area contributed by atoms with E-state index in [0.717, 1.165) is 9.24 Å². The van der Waals surface area contributed by atoms with Gasteiger partial charge in [-0.15, -0.1) is 10.2 Å². The van der Waals surface area contributed by atoms with Gasteiger partial charge in [-0.25, -0.2) is 4.79 Å². The normalized spacial score (nSPS) is 10.3. The van der Waals surface area contributed by atoms with Gasteiger partial charge in [0.2, 0.25) is 0 Å². The van der Waals surface area contributed by atoms with Crippen molar-refractivity contribution in [3.63, 3.8) is 0 Å². The molecule has 7 heteroatoms. The standard InChI is InChI=1S/C11H11N3O2S2/c1-2-16-10(15)7-3-4-9(8(12)5-7)18-11-14-13-6-17-11/h3-6H,2,12H2,1H3. The summed E-state index contributed by atoms with van der Waals surface area (Å²) in [6.45, 7) is 2.11. The second kappa shape index (κ2) is 5.83. The summed E-state index contributed by atoms with van der Waals surface area (Å²) in [7, 11) is 0. The van der Waals surface area contributed by atoms with Crippen LogP contribution in [0.2, 0.25) is 0 Å². The minimum atomic E-state index is -0.364. The van der Waals surface area contributed by atoms with Crippen LogP contribution in [0.25, 0.3) is 0 Å². The first-order valence-electron chi connectivity index (χ1n) is 5.21. The monoisotopic (exact) mass is 281 g/mol. The van der Waals surface area contributed by atoms with E-state index in [0.29, 0.717) is 17.9 Å². The average Bonchev–Trinajstić information content (AvgIpc) is 2.85. The van der Waals surface area contributed by atoms with Crippen LogP contribution in [-0.2, 0) is 4.74 Å². The van der Waals surface area contributed by atoms with E-state index in [1.54, 1.807) is 30.6 Å². The Hall–Kier alpha value is -1.60. The summed E-state index contributed by atoms with van der Waals surface area (Å²) >= 11 is 2.86. The van der Waals surface area contributed by atoms with Gasteiger partial charge in [0, 0.05) is 10.6 Å². The Labute approximate surface area is 112 Å². The first kappa shape index (κ1) is 12.8. The lowest BCUT2D eigenvalue weighted by atomic mass is 10.2. The average molecular weight is 281 g/mol. The lowest BCUT2D eigenvalue weighted by molar-refractivity contribution is 0.0526. The molecule has 0 fully saturated rings. The van der Waals surface area contributed by atoms with Crippen molar-refractivity contribution in [2.45, 2.75) is 16.2 Å². The maximum absolute atomic E-state index is 11.5. The van der Waals surface area contributed by atoms with Crippen LogP contribution in [0.3, 0.4) is 0 Å². The largest absolute Gasteiger partial charge is 0.462 e. The lowest BCUT2D eigenvalue weighted by Gasteiger charge is -2.06. The molecule has 18 heavy (non-hydrogen) atoms. The van der Waals surface area contributed by atoms with Gasteiger partial charge >= 0.3 is 5.97 Å². The maximum atomic E-state index is 11.5. The van der Waals surface area contributed by atoms with Crippen LogP contribution in [-0.4, -0.2) is 22.8 Å². The molecule has 94 valence electrons. The molecule has 1 aromatic heterocycles. The third-order valence-electron chi connectivity index (χ3n) is 2.06. The molecule has 5 nitrogen and oxygen atoms in total. The zero-order chi connectivity index (χ0) is 13.0. The van der Waals surface area contributed by atoms with Crippen molar-refractivity contribution in [3.8, 4) is 0 Å². The van der Waals surface area contributed by atoms with Gasteiger partial charge in [0.25, 0.3) is 0 Å². The molecule has 0 saturated heterocycles. The summed E-state index contributed by atoms with van der Waals surface area (Å²) in [5.74, 6) is -0.364. The molecule has 2 N–H and O–H groups in total. The van der Waals surface area contributed by atoms with Crippen molar-refractivity contribution < 1.29 is 9.53 Å². The zero-order valence-electron chi connectivity index (χ0n) is 9.62. The van der Waals surface area contributed by atoms with Gasteiger partial charge in [-0.1, -0.05) is 23.1 Å². The number of nitrogens with two attached hydrogens (primary N) is 1. The molecule has 0 unspecified atom stereocenters. The maximum Gasteiger partial charge on any atom is 0.338 e. The highest BCUT2D eigenvalue weighted by Gasteiger charge is 2.10. The molecule has 1 heterocycles. The van der Waals surface area contributed by atoms with Crippen molar-refractivity contribution >= 4 is 34.8 Å². The summed E-state index contributed by atoms with van der Waals surface area (Å²) in [6.07, 6.45) is 0. The third kappa shape index (κ3) is 2.99. The molecular weight excluding hydrogens is 270 g/mol. The smallest absolute Gasteiger partial charge is 0.338 e. The first-order chi connectivity index (χ1) is 8.70. The number of aromatic nitrogens is 2. The number of ether oxygens (including phenoxy) is 1. The summed E-state index contributed by atoms with van der Waals surface area (Å²) in [6, 6.07) is 5.09. The van der Waals surface area contributed by atoms with Crippen LogP contribution in [0, 0.1) is 0 Å². The predicted molar refractivity (Wildman–Crippen MR) is 70.8 cm³/mol. The molecule has 0 bridgehead atoms. The quantitative estimate of drug-likeness (QED) is 0.685. The highest BCUT2D eigenvalue weighted by atomic mass is 32.2. The van der Waals surface area contributed by atoms with Crippen molar-refractivity contribution in [3.05, 3.63) is 29.3 Å². The molecule has 0 aliphatic carbocycles. The number of hydrogen-bond acceptors (Lipinski definition) is 7. The van der Waals surface area contributed by atoms with E-state index in [-0.39, 0.29) is 5.97 Å². The number of esters is 1. The number of carbonyl (C=O) groups is 1. The van der Waals surface area contributed by atoms with Crippen LogP contribution in [0.1, 0.15) is 17.3 Å². The Bertz CT molecular complexity index is 543. The predicted octanol–water partition coefficient (Wildman–Crippen LogP) is 2.45. The van der Waals surface area contributed by atoms with Crippen molar-refractivity contribution in [2.24, 2.45) is 0 Å². The van der Waals surface area contributed by atoms with Gasteiger partial charge in [0.15, 0.2) is 4.34 Å². The van der Waals surface area contributed by atoms with Gasteiger partial charge < -0.3 is 10.5 Å². The molecule has 0 amide bonds. The first-order valence-corrected chi connectivity index (χ1v) is 6.91. The topological polar surface area (TPSA) is 78.1 Å². The Morgan fingerprint density at radius 3 is 3.00 bits per heavy atom. The number of nitrogen functional groups attached to an aromatic ring is 1. The van der Waals surface area contributed by atoms with Gasteiger partial charge in [0.1, 0.15) is 5.51 Å². The van der Waals surface area contributed by atoms with E-state index in [2.05, 4.69) is 10.2 Å². The van der Waals surface area contributed by atoms with Gasteiger partial charge in [0.05, 0.1) is 12.2 Å².